The molecule has 0 radical (unpaired) electrons. The number of thioether (sulfide) groups is 1. The third-order valence-electron chi connectivity index (χ3n) is 4.22. The van der Waals surface area contributed by atoms with E-state index in [2.05, 4.69) is 16.5 Å². The Balaban J connectivity index is 1.77. The first-order valence-electron chi connectivity index (χ1n) is 7.31. The zero-order valence-corrected chi connectivity index (χ0v) is 12.3. The van der Waals surface area contributed by atoms with Gasteiger partial charge in [0.05, 0.1) is 0 Å². The first-order chi connectivity index (χ1) is 8.79. The lowest BCUT2D eigenvalue weighted by Crippen LogP contribution is -2.37. The van der Waals surface area contributed by atoms with Crippen LogP contribution in [0.3, 0.4) is 0 Å². The summed E-state index contributed by atoms with van der Waals surface area (Å²) in [5, 5.41) is 4.16. The fourth-order valence-corrected chi connectivity index (χ4v) is 3.77. The molecule has 104 valence electrons. The normalized spacial score (nSPS) is 29.9. The van der Waals surface area contributed by atoms with E-state index in [0.717, 1.165) is 37.8 Å². The molecule has 4 heteroatoms. The summed E-state index contributed by atoms with van der Waals surface area (Å²) in [7, 11) is 0. The van der Waals surface area contributed by atoms with Crippen molar-refractivity contribution in [2.75, 3.05) is 32.4 Å². The molecule has 0 saturated carbocycles. The van der Waals surface area contributed by atoms with Gasteiger partial charge in [0.1, 0.15) is 0 Å². The molecule has 0 aromatic rings. The molecule has 1 N–H and O–H groups in total. The first-order valence-corrected chi connectivity index (χ1v) is 8.59. The van der Waals surface area contributed by atoms with Crippen LogP contribution in [-0.2, 0) is 4.79 Å². The number of nitrogens with one attached hydrogen (secondary N) is 1. The van der Waals surface area contributed by atoms with Crippen LogP contribution in [0.5, 0.6) is 0 Å². The van der Waals surface area contributed by atoms with E-state index in [4.69, 9.17) is 0 Å². The predicted octanol–water partition coefficient (Wildman–Crippen LogP) is 2.12. The average molecular weight is 270 g/mol. The lowest BCUT2D eigenvalue weighted by Gasteiger charge is -2.26. The Morgan fingerprint density at radius 1 is 1.28 bits per heavy atom. The highest BCUT2D eigenvalue weighted by molar-refractivity contribution is 7.99. The molecule has 2 aliphatic rings. The first kappa shape index (κ1) is 14.2. The van der Waals surface area contributed by atoms with Crippen molar-refractivity contribution in [1.82, 2.24) is 10.2 Å². The van der Waals surface area contributed by atoms with Crippen LogP contribution in [0.4, 0.5) is 0 Å². The molecule has 0 aromatic carbocycles. The SMILES string of the molecule is CSC1CCCN(C(=O)CC2CCCNC2)CC1. The fourth-order valence-electron chi connectivity index (χ4n) is 3.03. The molecular formula is C14H26N2OS. The second-order valence-electron chi connectivity index (χ2n) is 5.59. The third kappa shape index (κ3) is 4.16. The van der Waals surface area contributed by atoms with E-state index in [1.165, 1.54) is 32.1 Å². The average Bonchev–Trinajstić information content (AvgIpc) is 2.65. The van der Waals surface area contributed by atoms with Gasteiger partial charge in [0.25, 0.3) is 0 Å². The van der Waals surface area contributed by atoms with Gasteiger partial charge in [-0.1, -0.05) is 0 Å². The molecule has 2 aliphatic heterocycles. The highest BCUT2D eigenvalue weighted by atomic mass is 32.2. The van der Waals surface area contributed by atoms with E-state index in [1.807, 2.05) is 11.8 Å². The predicted molar refractivity (Wildman–Crippen MR) is 77.9 cm³/mol. The highest BCUT2D eigenvalue weighted by Crippen LogP contribution is 2.22. The summed E-state index contributed by atoms with van der Waals surface area (Å²) in [5.74, 6) is 0.969. The van der Waals surface area contributed by atoms with Crippen molar-refractivity contribution in [2.24, 2.45) is 5.92 Å². The lowest BCUT2D eigenvalue weighted by molar-refractivity contribution is -0.132. The molecular weight excluding hydrogens is 244 g/mol. The smallest absolute Gasteiger partial charge is 0.222 e. The van der Waals surface area contributed by atoms with Gasteiger partial charge in [0.15, 0.2) is 0 Å². The van der Waals surface area contributed by atoms with Crippen molar-refractivity contribution in [3.05, 3.63) is 0 Å². The van der Waals surface area contributed by atoms with Gasteiger partial charge >= 0.3 is 0 Å². The summed E-state index contributed by atoms with van der Waals surface area (Å²) in [4.78, 5) is 14.4. The molecule has 2 unspecified atom stereocenters. The van der Waals surface area contributed by atoms with Crippen LogP contribution in [0, 0.1) is 5.92 Å². The Bertz CT molecular complexity index is 267. The third-order valence-corrected chi connectivity index (χ3v) is 5.36. The Hall–Kier alpha value is -0.220. The van der Waals surface area contributed by atoms with Crippen LogP contribution < -0.4 is 5.32 Å². The molecule has 2 atom stereocenters. The maximum absolute atomic E-state index is 12.3. The van der Waals surface area contributed by atoms with Crippen LogP contribution in [0.1, 0.15) is 38.5 Å². The van der Waals surface area contributed by atoms with Gasteiger partial charge < -0.3 is 10.2 Å². The number of piperidine rings is 1. The molecule has 0 aliphatic carbocycles. The summed E-state index contributed by atoms with van der Waals surface area (Å²) >= 11 is 1.96. The van der Waals surface area contributed by atoms with Crippen LogP contribution in [0.2, 0.25) is 0 Å². The summed E-state index contributed by atoms with van der Waals surface area (Å²) in [6.45, 7) is 4.12. The summed E-state index contributed by atoms with van der Waals surface area (Å²) in [5.41, 5.74) is 0. The highest BCUT2D eigenvalue weighted by Gasteiger charge is 2.23. The molecule has 18 heavy (non-hydrogen) atoms. The second-order valence-corrected chi connectivity index (χ2v) is 6.72. The molecule has 2 heterocycles. The van der Waals surface area contributed by atoms with Crippen LogP contribution in [0.15, 0.2) is 0 Å². The molecule has 1 amide bonds. The van der Waals surface area contributed by atoms with Crippen molar-refractivity contribution in [2.45, 2.75) is 43.8 Å². The van der Waals surface area contributed by atoms with Crippen molar-refractivity contribution < 1.29 is 4.79 Å². The van der Waals surface area contributed by atoms with Gasteiger partial charge in [-0.2, -0.15) is 11.8 Å². The number of amides is 1. The number of hydrogen-bond acceptors (Lipinski definition) is 3. The lowest BCUT2D eigenvalue weighted by atomic mass is 9.95. The van der Waals surface area contributed by atoms with Crippen molar-refractivity contribution in [3.8, 4) is 0 Å². The minimum Gasteiger partial charge on any atom is -0.343 e. The van der Waals surface area contributed by atoms with Gasteiger partial charge in [-0.15, -0.1) is 0 Å². The van der Waals surface area contributed by atoms with E-state index < -0.39 is 0 Å². The largest absolute Gasteiger partial charge is 0.343 e. The number of carbonyl (C=O) groups excluding carboxylic acids is 1. The number of carbonyl (C=O) groups is 1. The van der Waals surface area contributed by atoms with Gasteiger partial charge in [0.2, 0.25) is 5.91 Å². The van der Waals surface area contributed by atoms with Crippen LogP contribution >= 0.6 is 11.8 Å². The quantitative estimate of drug-likeness (QED) is 0.852. The molecule has 0 aromatic heterocycles. The maximum Gasteiger partial charge on any atom is 0.222 e. The zero-order valence-electron chi connectivity index (χ0n) is 11.5. The molecule has 3 nitrogen and oxygen atoms in total. The number of likely N-dealkylation sites (tertiary alicyclic amines) is 1. The molecule has 2 rings (SSSR count). The Morgan fingerprint density at radius 2 is 2.17 bits per heavy atom. The van der Waals surface area contributed by atoms with E-state index in [0.29, 0.717) is 11.8 Å². The fraction of sp³-hybridized carbons (Fsp3) is 0.929. The van der Waals surface area contributed by atoms with Gasteiger partial charge in [0, 0.05) is 24.8 Å². The molecule has 0 spiro atoms. The monoisotopic (exact) mass is 270 g/mol. The standard InChI is InChI=1S/C14H26N2OS/c1-18-13-5-3-8-16(9-6-13)14(17)10-12-4-2-7-15-11-12/h12-13,15H,2-11H2,1H3. The van der Waals surface area contributed by atoms with E-state index >= 15 is 0 Å². The van der Waals surface area contributed by atoms with Crippen molar-refractivity contribution in [1.29, 1.82) is 0 Å². The summed E-state index contributed by atoms with van der Waals surface area (Å²) < 4.78 is 0. The van der Waals surface area contributed by atoms with Gasteiger partial charge in [-0.3, -0.25) is 4.79 Å². The van der Waals surface area contributed by atoms with E-state index in [1.54, 1.807) is 0 Å². The maximum atomic E-state index is 12.3. The molecule has 2 fully saturated rings. The minimum absolute atomic E-state index is 0.394. The Morgan fingerprint density at radius 3 is 2.89 bits per heavy atom. The van der Waals surface area contributed by atoms with Crippen molar-refractivity contribution >= 4 is 17.7 Å². The minimum atomic E-state index is 0.394. The van der Waals surface area contributed by atoms with Gasteiger partial charge in [-0.25, -0.2) is 0 Å². The van der Waals surface area contributed by atoms with Crippen LogP contribution in [-0.4, -0.2) is 48.5 Å². The topological polar surface area (TPSA) is 32.3 Å². The van der Waals surface area contributed by atoms with Gasteiger partial charge in [-0.05, 0) is 57.4 Å². The number of rotatable bonds is 3. The van der Waals surface area contributed by atoms with E-state index in [-0.39, 0.29) is 0 Å². The van der Waals surface area contributed by atoms with Crippen molar-refractivity contribution in [3.63, 3.8) is 0 Å². The Labute approximate surface area is 115 Å². The summed E-state index contributed by atoms with van der Waals surface area (Å²) in [6, 6.07) is 0. The summed E-state index contributed by atoms with van der Waals surface area (Å²) in [6.07, 6.45) is 9.03. The van der Waals surface area contributed by atoms with E-state index in [9.17, 15) is 4.79 Å². The van der Waals surface area contributed by atoms with Crippen LogP contribution in [0.25, 0.3) is 0 Å². The number of hydrogen-bond donors (Lipinski definition) is 1. The second kappa shape index (κ2) is 7.39. The molecule has 0 bridgehead atoms. The Kier molecular flexibility index (Phi) is 5.83. The number of nitrogens with zero attached hydrogens (tertiary/aromatic N) is 1. The zero-order chi connectivity index (χ0) is 12.8. The molecule has 2 saturated heterocycles.